The smallest absolute Gasteiger partial charge is 0.0497 e. The van der Waals surface area contributed by atoms with Crippen molar-refractivity contribution in [2.75, 3.05) is 5.32 Å². The summed E-state index contributed by atoms with van der Waals surface area (Å²) in [7, 11) is 0. The second-order valence-electron chi connectivity index (χ2n) is 4.15. The molecule has 0 atom stereocenters. The minimum absolute atomic E-state index is 0.926. The quantitative estimate of drug-likeness (QED) is 0.831. The molecule has 0 aliphatic heterocycles. The Morgan fingerprint density at radius 2 is 1.69 bits per heavy atom. The van der Waals surface area contributed by atoms with Crippen molar-refractivity contribution >= 4 is 17.0 Å². The average Bonchev–Trinajstić information content (AvgIpc) is 2.64. The summed E-state index contributed by atoms with van der Waals surface area (Å²) in [5.74, 6) is 0. The number of benzene rings is 1. The molecule has 1 nitrogen and oxygen atoms in total. The van der Waals surface area contributed by atoms with Gasteiger partial charge in [-0.15, -0.1) is 11.3 Å². The van der Waals surface area contributed by atoms with Gasteiger partial charge in [0, 0.05) is 17.1 Å². The van der Waals surface area contributed by atoms with Gasteiger partial charge in [0.15, 0.2) is 0 Å². The Balaban J connectivity index is 2.14. The van der Waals surface area contributed by atoms with Crippen LogP contribution in [0.1, 0.15) is 21.6 Å². The molecule has 2 rings (SSSR count). The van der Waals surface area contributed by atoms with Crippen molar-refractivity contribution in [3.8, 4) is 0 Å². The monoisotopic (exact) mass is 231 g/mol. The summed E-state index contributed by atoms with van der Waals surface area (Å²) in [5.41, 5.74) is 5.28. The number of thiophene rings is 1. The lowest BCUT2D eigenvalue weighted by Gasteiger charge is -2.12. The van der Waals surface area contributed by atoms with Gasteiger partial charge in [-0.2, -0.15) is 0 Å². The first-order valence-electron chi connectivity index (χ1n) is 5.51. The number of anilines is 1. The summed E-state index contributed by atoms with van der Waals surface area (Å²) < 4.78 is 0. The third-order valence-corrected chi connectivity index (χ3v) is 3.90. The Kier molecular flexibility index (Phi) is 3.30. The molecular weight excluding hydrogens is 214 g/mol. The standard InChI is InChI=1S/C14H17NS/c1-10-7-8-16-13(10)9-15-14-11(2)5-4-6-12(14)3/h4-8,15H,9H2,1-3H3. The van der Waals surface area contributed by atoms with Crippen LogP contribution in [-0.4, -0.2) is 0 Å². The third kappa shape index (κ3) is 2.27. The van der Waals surface area contributed by atoms with Crippen molar-refractivity contribution in [1.82, 2.24) is 0 Å². The molecule has 0 bridgehead atoms. The fraction of sp³-hybridized carbons (Fsp3) is 0.286. The van der Waals surface area contributed by atoms with Gasteiger partial charge in [0.25, 0.3) is 0 Å². The number of rotatable bonds is 3. The highest BCUT2D eigenvalue weighted by Crippen LogP contribution is 2.22. The summed E-state index contributed by atoms with van der Waals surface area (Å²) in [6, 6.07) is 8.58. The largest absolute Gasteiger partial charge is 0.380 e. The predicted molar refractivity (Wildman–Crippen MR) is 72.3 cm³/mol. The third-order valence-electron chi connectivity index (χ3n) is 2.88. The number of nitrogens with one attached hydrogen (secondary N) is 1. The van der Waals surface area contributed by atoms with Crippen LogP contribution in [0.2, 0.25) is 0 Å². The number of hydrogen-bond acceptors (Lipinski definition) is 2. The molecule has 0 saturated heterocycles. The SMILES string of the molecule is Cc1ccsc1CNc1c(C)cccc1C. The molecule has 0 aliphatic rings. The van der Waals surface area contributed by atoms with Crippen LogP contribution in [0.4, 0.5) is 5.69 Å². The molecule has 16 heavy (non-hydrogen) atoms. The second kappa shape index (κ2) is 4.71. The maximum Gasteiger partial charge on any atom is 0.0497 e. The summed E-state index contributed by atoms with van der Waals surface area (Å²) in [4.78, 5) is 1.42. The van der Waals surface area contributed by atoms with Crippen molar-refractivity contribution < 1.29 is 0 Å². The zero-order valence-electron chi connectivity index (χ0n) is 10.0. The van der Waals surface area contributed by atoms with Gasteiger partial charge in [-0.05, 0) is 48.9 Å². The molecule has 1 aromatic heterocycles. The van der Waals surface area contributed by atoms with E-state index < -0.39 is 0 Å². The first-order valence-corrected chi connectivity index (χ1v) is 6.39. The normalized spacial score (nSPS) is 10.4. The Labute approximate surface area is 101 Å². The first-order chi connectivity index (χ1) is 7.68. The van der Waals surface area contributed by atoms with Gasteiger partial charge in [0.2, 0.25) is 0 Å². The molecule has 0 fully saturated rings. The van der Waals surface area contributed by atoms with E-state index in [4.69, 9.17) is 0 Å². The molecule has 84 valence electrons. The van der Waals surface area contributed by atoms with E-state index in [2.05, 4.69) is 55.7 Å². The fourth-order valence-corrected chi connectivity index (χ4v) is 2.69. The van der Waals surface area contributed by atoms with E-state index in [1.807, 2.05) is 11.3 Å². The molecular formula is C14H17NS. The van der Waals surface area contributed by atoms with Crippen LogP contribution in [0.5, 0.6) is 0 Å². The van der Waals surface area contributed by atoms with Crippen LogP contribution in [0, 0.1) is 20.8 Å². The molecule has 1 aromatic carbocycles. The van der Waals surface area contributed by atoms with Crippen LogP contribution in [0.3, 0.4) is 0 Å². The topological polar surface area (TPSA) is 12.0 Å². The Morgan fingerprint density at radius 1 is 1.00 bits per heavy atom. The van der Waals surface area contributed by atoms with Crippen molar-refractivity contribution in [2.24, 2.45) is 0 Å². The summed E-state index contributed by atoms with van der Waals surface area (Å²) in [5, 5.41) is 5.68. The molecule has 0 unspecified atom stereocenters. The lowest BCUT2D eigenvalue weighted by Crippen LogP contribution is -2.02. The van der Waals surface area contributed by atoms with Gasteiger partial charge in [-0.1, -0.05) is 18.2 Å². The van der Waals surface area contributed by atoms with Gasteiger partial charge < -0.3 is 5.32 Å². The molecule has 2 aromatic rings. The van der Waals surface area contributed by atoms with Crippen LogP contribution < -0.4 is 5.32 Å². The Hall–Kier alpha value is -1.28. The maximum atomic E-state index is 3.53. The fourth-order valence-electron chi connectivity index (χ4n) is 1.85. The van der Waals surface area contributed by atoms with Crippen molar-refractivity contribution in [3.63, 3.8) is 0 Å². The van der Waals surface area contributed by atoms with Gasteiger partial charge in [-0.25, -0.2) is 0 Å². The predicted octanol–water partition coefficient (Wildman–Crippen LogP) is 4.29. The van der Waals surface area contributed by atoms with E-state index in [1.54, 1.807) is 0 Å². The molecule has 0 spiro atoms. The van der Waals surface area contributed by atoms with Gasteiger partial charge in [0.1, 0.15) is 0 Å². The van der Waals surface area contributed by atoms with Gasteiger partial charge in [-0.3, -0.25) is 0 Å². The number of aryl methyl sites for hydroxylation is 3. The highest BCUT2D eigenvalue weighted by atomic mass is 32.1. The maximum absolute atomic E-state index is 3.53. The van der Waals surface area contributed by atoms with Gasteiger partial charge >= 0.3 is 0 Å². The van der Waals surface area contributed by atoms with Crippen LogP contribution in [-0.2, 0) is 6.54 Å². The molecule has 0 aliphatic carbocycles. The van der Waals surface area contributed by atoms with Crippen LogP contribution >= 0.6 is 11.3 Å². The molecule has 0 radical (unpaired) electrons. The van der Waals surface area contributed by atoms with Gasteiger partial charge in [0.05, 0.1) is 0 Å². The van der Waals surface area contributed by atoms with Crippen molar-refractivity contribution in [2.45, 2.75) is 27.3 Å². The minimum atomic E-state index is 0.926. The van der Waals surface area contributed by atoms with E-state index in [-0.39, 0.29) is 0 Å². The van der Waals surface area contributed by atoms with Crippen molar-refractivity contribution in [3.05, 3.63) is 51.2 Å². The molecule has 0 saturated carbocycles. The van der Waals surface area contributed by atoms with E-state index in [9.17, 15) is 0 Å². The summed E-state index contributed by atoms with van der Waals surface area (Å²) >= 11 is 1.82. The Morgan fingerprint density at radius 3 is 2.25 bits per heavy atom. The number of hydrogen-bond donors (Lipinski definition) is 1. The lowest BCUT2D eigenvalue weighted by atomic mass is 10.1. The van der Waals surface area contributed by atoms with Crippen LogP contribution in [0.15, 0.2) is 29.6 Å². The zero-order valence-corrected chi connectivity index (χ0v) is 10.8. The average molecular weight is 231 g/mol. The Bertz CT molecular complexity index is 465. The zero-order chi connectivity index (χ0) is 11.5. The first kappa shape index (κ1) is 11.2. The molecule has 2 heteroatoms. The molecule has 0 amide bonds. The highest BCUT2D eigenvalue weighted by molar-refractivity contribution is 7.10. The second-order valence-corrected chi connectivity index (χ2v) is 5.15. The summed E-state index contributed by atoms with van der Waals surface area (Å²) in [6.07, 6.45) is 0. The van der Waals surface area contributed by atoms with E-state index in [1.165, 1.54) is 27.3 Å². The molecule has 1 heterocycles. The summed E-state index contributed by atoms with van der Waals surface area (Å²) in [6.45, 7) is 7.39. The lowest BCUT2D eigenvalue weighted by molar-refractivity contribution is 1.14. The molecule has 1 N–H and O–H groups in total. The van der Waals surface area contributed by atoms with E-state index in [0.29, 0.717) is 0 Å². The number of para-hydroxylation sites is 1. The van der Waals surface area contributed by atoms with Crippen molar-refractivity contribution in [1.29, 1.82) is 0 Å². The minimum Gasteiger partial charge on any atom is -0.380 e. The van der Waals surface area contributed by atoms with E-state index >= 15 is 0 Å². The van der Waals surface area contributed by atoms with E-state index in [0.717, 1.165) is 6.54 Å². The highest BCUT2D eigenvalue weighted by Gasteiger charge is 2.03. The van der Waals surface area contributed by atoms with Crippen LogP contribution in [0.25, 0.3) is 0 Å².